The maximum absolute atomic E-state index is 12.2. The van der Waals surface area contributed by atoms with Gasteiger partial charge in [0, 0.05) is 23.1 Å². The van der Waals surface area contributed by atoms with Crippen LogP contribution in [0.3, 0.4) is 0 Å². The van der Waals surface area contributed by atoms with Crippen molar-refractivity contribution < 1.29 is 14.3 Å². The van der Waals surface area contributed by atoms with Gasteiger partial charge in [0.1, 0.15) is 5.01 Å². The van der Waals surface area contributed by atoms with Crippen molar-refractivity contribution in [2.75, 3.05) is 12.4 Å². The molecular weight excluding hydrogens is 348 g/mol. The van der Waals surface area contributed by atoms with Crippen molar-refractivity contribution in [3.63, 3.8) is 0 Å². The maximum atomic E-state index is 12.2. The van der Waals surface area contributed by atoms with Gasteiger partial charge in [-0.3, -0.25) is 4.79 Å². The molecular formula is C20H18N2O3S. The third-order valence-corrected chi connectivity index (χ3v) is 4.69. The number of methoxy groups -OCH3 is 1. The molecule has 132 valence electrons. The lowest BCUT2D eigenvalue weighted by molar-refractivity contribution is -0.116. The number of thiazole rings is 1. The molecule has 5 nitrogen and oxygen atoms in total. The van der Waals surface area contributed by atoms with E-state index in [1.807, 2.05) is 35.7 Å². The number of benzene rings is 2. The molecule has 1 N–H and O–H groups in total. The van der Waals surface area contributed by atoms with Crippen LogP contribution in [-0.2, 0) is 16.0 Å². The van der Waals surface area contributed by atoms with E-state index < -0.39 is 5.97 Å². The number of nitrogens with zero attached hydrogens (tertiary/aromatic N) is 1. The fourth-order valence-electron chi connectivity index (χ4n) is 2.44. The van der Waals surface area contributed by atoms with E-state index in [1.165, 1.54) is 7.11 Å². The zero-order chi connectivity index (χ0) is 18.4. The molecule has 0 bridgehead atoms. The number of aryl methyl sites for hydroxylation is 1. The van der Waals surface area contributed by atoms with Crippen LogP contribution >= 0.6 is 11.3 Å². The molecule has 26 heavy (non-hydrogen) atoms. The maximum Gasteiger partial charge on any atom is 0.337 e. The van der Waals surface area contributed by atoms with Gasteiger partial charge in [-0.2, -0.15) is 0 Å². The van der Waals surface area contributed by atoms with Gasteiger partial charge in [-0.15, -0.1) is 11.3 Å². The Kier molecular flexibility index (Phi) is 5.76. The Hall–Kier alpha value is -2.99. The predicted octanol–water partition coefficient (Wildman–Crippen LogP) is 4.17. The largest absolute Gasteiger partial charge is 0.465 e. The lowest BCUT2D eigenvalue weighted by Crippen LogP contribution is -2.13. The lowest BCUT2D eigenvalue weighted by atomic mass is 10.2. The summed E-state index contributed by atoms with van der Waals surface area (Å²) >= 11 is 1.57. The Balaban J connectivity index is 1.56. The Morgan fingerprint density at radius 2 is 1.92 bits per heavy atom. The molecule has 0 saturated carbocycles. The van der Waals surface area contributed by atoms with Crippen LogP contribution in [0.2, 0.25) is 0 Å². The van der Waals surface area contributed by atoms with Gasteiger partial charge in [0.25, 0.3) is 0 Å². The van der Waals surface area contributed by atoms with Crippen LogP contribution in [0, 0.1) is 0 Å². The van der Waals surface area contributed by atoms with Crippen LogP contribution in [0.25, 0.3) is 10.6 Å². The number of amides is 1. The zero-order valence-electron chi connectivity index (χ0n) is 14.3. The third-order valence-electron chi connectivity index (χ3n) is 3.75. The minimum atomic E-state index is -0.433. The number of anilines is 1. The fourth-order valence-corrected chi connectivity index (χ4v) is 3.30. The molecule has 2 aromatic carbocycles. The van der Waals surface area contributed by atoms with Gasteiger partial charge < -0.3 is 10.1 Å². The highest BCUT2D eigenvalue weighted by molar-refractivity contribution is 7.13. The molecule has 0 saturated heterocycles. The summed E-state index contributed by atoms with van der Waals surface area (Å²) < 4.78 is 4.68. The van der Waals surface area contributed by atoms with Gasteiger partial charge in [-0.1, -0.05) is 36.4 Å². The SMILES string of the molecule is COC(=O)c1cccc(NC(=O)CCc2csc(-c3ccccc3)n2)c1. The van der Waals surface area contributed by atoms with E-state index in [0.717, 1.165) is 16.3 Å². The van der Waals surface area contributed by atoms with Crippen LogP contribution in [0.1, 0.15) is 22.5 Å². The van der Waals surface area contributed by atoms with E-state index >= 15 is 0 Å². The van der Waals surface area contributed by atoms with Crippen LogP contribution in [0.4, 0.5) is 5.69 Å². The van der Waals surface area contributed by atoms with Gasteiger partial charge in [-0.05, 0) is 24.6 Å². The van der Waals surface area contributed by atoms with Gasteiger partial charge in [0.05, 0.1) is 18.4 Å². The number of hydrogen-bond acceptors (Lipinski definition) is 5. The molecule has 6 heteroatoms. The van der Waals surface area contributed by atoms with Crippen molar-refractivity contribution in [2.24, 2.45) is 0 Å². The highest BCUT2D eigenvalue weighted by Crippen LogP contribution is 2.23. The number of aromatic nitrogens is 1. The van der Waals surface area contributed by atoms with E-state index in [4.69, 9.17) is 0 Å². The lowest BCUT2D eigenvalue weighted by Gasteiger charge is -2.06. The molecule has 0 aliphatic carbocycles. The van der Waals surface area contributed by atoms with E-state index in [1.54, 1.807) is 35.6 Å². The number of hydrogen-bond donors (Lipinski definition) is 1. The molecule has 0 fully saturated rings. The summed E-state index contributed by atoms with van der Waals surface area (Å²) in [4.78, 5) is 28.3. The Morgan fingerprint density at radius 3 is 2.69 bits per heavy atom. The van der Waals surface area contributed by atoms with Crippen LogP contribution in [0.15, 0.2) is 60.0 Å². The third kappa shape index (κ3) is 4.55. The minimum Gasteiger partial charge on any atom is -0.465 e. The topological polar surface area (TPSA) is 68.3 Å². The first-order valence-corrected chi connectivity index (χ1v) is 9.02. The molecule has 0 unspecified atom stereocenters. The second-order valence-corrected chi connectivity index (χ2v) is 6.49. The molecule has 0 radical (unpaired) electrons. The molecule has 3 aromatic rings. The quantitative estimate of drug-likeness (QED) is 0.665. The number of nitrogens with one attached hydrogen (secondary N) is 1. The van der Waals surface area contributed by atoms with Crippen molar-refractivity contribution in [2.45, 2.75) is 12.8 Å². The zero-order valence-corrected chi connectivity index (χ0v) is 15.1. The van der Waals surface area contributed by atoms with E-state index in [9.17, 15) is 9.59 Å². The minimum absolute atomic E-state index is 0.124. The van der Waals surface area contributed by atoms with Crippen molar-refractivity contribution in [3.8, 4) is 10.6 Å². The summed E-state index contributed by atoms with van der Waals surface area (Å²) in [6, 6.07) is 16.6. The normalized spacial score (nSPS) is 10.3. The number of esters is 1. The summed E-state index contributed by atoms with van der Waals surface area (Å²) in [5.74, 6) is -0.557. The number of carbonyl (C=O) groups excluding carboxylic acids is 2. The Bertz CT molecular complexity index is 906. The average molecular weight is 366 g/mol. The van der Waals surface area contributed by atoms with Gasteiger partial charge in [0.2, 0.25) is 5.91 Å². The molecule has 0 aliphatic heterocycles. The first kappa shape index (κ1) is 17.8. The Morgan fingerprint density at radius 1 is 1.12 bits per heavy atom. The first-order chi connectivity index (χ1) is 12.7. The second-order valence-electron chi connectivity index (χ2n) is 5.63. The van der Waals surface area contributed by atoms with Crippen molar-refractivity contribution >= 4 is 28.9 Å². The molecule has 1 aromatic heterocycles. The molecule has 1 amide bonds. The fraction of sp³-hybridized carbons (Fsp3) is 0.150. The molecule has 0 atom stereocenters. The summed E-state index contributed by atoms with van der Waals surface area (Å²) in [5, 5.41) is 5.73. The Labute approximate surface area is 155 Å². The molecule has 1 heterocycles. The highest BCUT2D eigenvalue weighted by Gasteiger charge is 2.10. The monoisotopic (exact) mass is 366 g/mol. The van der Waals surface area contributed by atoms with Gasteiger partial charge in [-0.25, -0.2) is 9.78 Å². The number of rotatable bonds is 6. The van der Waals surface area contributed by atoms with Crippen LogP contribution in [-0.4, -0.2) is 24.0 Å². The second kappa shape index (κ2) is 8.40. The molecule has 3 rings (SSSR count). The van der Waals surface area contributed by atoms with Crippen molar-refractivity contribution in [3.05, 3.63) is 71.2 Å². The predicted molar refractivity (Wildman–Crippen MR) is 102 cm³/mol. The first-order valence-electron chi connectivity index (χ1n) is 8.14. The summed E-state index contributed by atoms with van der Waals surface area (Å²) in [7, 11) is 1.32. The van der Waals surface area contributed by atoms with E-state index in [2.05, 4.69) is 15.0 Å². The van der Waals surface area contributed by atoms with E-state index in [-0.39, 0.29) is 5.91 Å². The van der Waals surface area contributed by atoms with Crippen molar-refractivity contribution in [1.82, 2.24) is 4.98 Å². The van der Waals surface area contributed by atoms with Crippen LogP contribution < -0.4 is 5.32 Å². The van der Waals surface area contributed by atoms with Crippen molar-refractivity contribution in [1.29, 1.82) is 0 Å². The van der Waals surface area contributed by atoms with Crippen LogP contribution in [0.5, 0.6) is 0 Å². The number of ether oxygens (including phenoxy) is 1. The highest BCUT2D eigenvalue weighted by atomic mass is 32.1. The van der Waals surface area contributed by atoms with Gasteiger partial charge in [0.15, 0.2) is 0 Å². The average Bonchev–Trinajstić information content (AvgIpc) is 3.16. The standard InChI is InChI=1S/C20H18N2O3S/c1-25-20(24)15-8-5-9-16(12-15)21-18(23)11-10-17-13-26-19(22-17)14-6-3-2-4-7-14/h2-9,12-13H,10-11H2,1H3,(H,21,23). The smallest absolute Gasteiger partial charge is 0.337 e. The summed E-state index contributed by atoms with van der Waals surface area (Å²) in [5.41, 5.74) is 2.94. The van der Waals surface area contributed by atoms with E-state index in [0.29, 0.717) is 24.1 Å². The van der Waals surface area contributed by atoms with Gasteiger partial charge >= 0.3 is 5.97 Å². The molecule has 0 spiro atoms. The molecule has 0 aliphatic rings. The number of carbonyl (C=O) groups is 2. The summed E-state index contributed by atoms with van der Waals surface area (Å²) in [6.45, 7) is 0. The summed E-state index contributed by atoms with van der Waals surface area (Å²) in [6.07, 6.45) is 0.881.